The molecule has 27 heavy (non-hydrogen) atoms. The molecule has 138 valence electrons. The molecule has 3 heterocycles. The van der Waals surface area contributed by atoms with E-state index in [1.165, 1.54) is 0 Å². The van der Waals surface area contributed by atoms with E-state index in [2.05, 4.69) is 20.9 Å². The van der Waals surface area contributed by atoms with Crippen molar-refractivity contribution in [3.8, 4) is 5.75 Å². The Balaban J connectivity index is 1.53. The van der Waals surface area contributed by atoms with Gasteiger partial charge in [-0.3, -0.25) is 9.78 Å². The molecule has 1 aliphatic heterocycles. The third-order valence-electron chi connectivity index (χ3n) is 4.34. The minimum Gasteiger partial charge on any atom is -0.491 e. The molecule has 5 nitrogen and oxygen atoms in total. The van der Waals surface area contributed by atoms with Crippen LogP contribution in [-0.2, 0) is 5.75 Å². The van der Waals surface area contributed by atoms with E-state index in [-0.39, 0.29) is 17.4 Å². The van der Waals surface area contributed by atoms with E-state index in [0.717, 1.165) is 22.7 Å². The van der Waals surface area contributed by atoms with Crippen LogP contribution in [0.1, 0.15) is 40.8 Å². The average molecular weight is 379 g/mol. The summed E-state index contributed by atoms with van der Waals surface area (Å²) in [7, 11) is 0. The Morgan fingerprint density at radius 2 is 2.19 bits per heavy atom. The number of thioether (sulfide) groups is 1. The van der Waals surface area contributed by atoms with Crippen molar-refractivity contribution in [3.05, 3.63) is 77.9 Å². The van der Waals surface area contributed by atoms with Gasteiger partial charge < -0.3 is 14.6 Å². The van der Waals surface area contributed by atoms with E-state index >= 15 is 0 Å². The van der Waals surface area contributed by atoms with E-state index in [1.807, 2.05) is 62.3 Å². The zero-order chi connectivity index (χ0) is 18.8. The maximum absolute atomic E-state index is 12.7. The first-order valence-electron chi connectivity index (χ1n) is 8.91. The second kappa shape index (κ2) is 7.48. The molecular weight excluding hydrogens is 358 g/mol. The number of nitrogens with one attached hydrogen (secondary N) is 1. The molecule has 0 unspecified atom stereocenters. The summed E-state index contributed by atoms with van der Waals surface area (Å²) in [4.78, 5) is 16.9. The van der Waals surface area contributed by atoms with Crippen molar-refractivity contribution in [1.29, 1.82) is 0 Å². The molecule has 1 aromatic carbocycles. The number of fused-ring (bicyclic) bond motifs is 1. The first-order chi connectivity index (χ1) is 13.1. The highest BCUT2D eigenvalue weighted by Crippen LogP contribution is 2.43. The lowest BCUT2D eigenvalue weighted by atomic mass is 10.2. The molecule has 0 saturated carbocycles. The number of aromatic nitrogens is 2. The van der Waals surface area contributed by atoms with E-state index < -0.39 is 0 Å². The second-order valence-corrected chi connectivity index (χ2v) is 7.75. The predicted octanol–water partition coefficient (Wildman–Crippen LogP) is 4.72. The molecule has 4 rings (SSSR count). The molecule has 1 N–H and O–H groups in total. The van der Waals surface area contributed by atoms with Crippen molar-refractivity contribution in [3.63, 3.8) is 0 Å². The van der Waals surface area contributed by atoms with Gasteiger partial charge in [-0.1, -0.05) is 12.1 Å². The van der Waals surface area contributed by atoms with Crippen LogP contribution in [0.3, 0.4) is 0 Å². The highest BCUT2D eigenvalue weighted by molar-refractivity contribution is 7.99. The number of hydrogen-bond acceptors (Lipinski definition) is 4. The first-order valence-corrected chi connectivity index (χ1v) is 9.96. The summed E-state index contributed by atoms with van der Waals surface area (Å²) in [5, 5.41) is 3.24. The monoisotopic (exact) mass is 379 g/mol. The van der Waals surface area contributed by atoms with Crippen LogP contribution in [0.15, 0.2) is 61.1 Å². The number of ether oxygens (including phenoxy) is 1. The highest BCUT2D eigenvalue weighted by atomic mass is 32.2. The van der Waals surface area contributed by atoms with Gasteiger partial charge in [-0.15, -0.1) is 11.8 Å². The summed E-state index contributed by atoms with van der Waals surface area (Å²) in [6.07, 6.45) is 5.77. The number of pyridine rings is 1. The number of benzene rings is 1. The summed E-state index contributed by atoms with van der Waals surface area (Å²) in [5.41, 5.74) is 3.72. The second-order valence-electron chi connectivity index (χ2n) is 6.68. The Bertz CT molecular complexity index is 953. The average Bonchev–Trinajstić information content (AvgIpc) is 3.25. The van der Waals surface area contributed by atoms with Crippen molar-refractivity contribution in [2.24, 2.45) is 0 Å². The number of hydrogen-bond donors (Lipinski definition) is 1. The lowest BCUT2D eigenvalue weighted by molar-refractivity contribution is 0.102. The summed E-state index contributed by atoms with van der Waals surface area (Å²) in [6.45, 7) is 3.93. The Labute approximate surface area is 162 Å². The van der Waals surface area contributed by atoms with Crippen LogP contribution >= 0.6 is 11.8 Å². The molecule has 2 aromatic heterocycles. The Morgan fingerprint density at radius 3 is 2.96 bits per heavy atom. The van der Waals surface area contributed by atoms with E-state index in [9.17, 15) is 4.79 Å². The van der Waals surface area contributed by atoms with Crippen LogP contribution in [0.5, 0.6) is 5.75 Å². The van der Waals surface area contributed by atoms with Crippen LogP contribution in [0.25, 0.3) is 0 Å². The number of carbonyl (C=O) groups is 1. The van der Waals surface area contributed by atoms with Gasteiger partial charge in [-0.05, 0) is 44.2 Å². The lowest BCUT2D eigenvalue weighted by Crippen LogP contribution is -2.13. The lowest BCUT2D eigenvalue weighted by Gasteiger charge is -2.12. The number of nitrogens with zero attached hydrogens (tertiary/aromatic N) is 2. The topological polar surface area (TPSA) is 56.1 Å². The number of anilines is 1. The highest BCUT2D eigenvalue weighted by Gasteiger charge is 2.27. The van der Waals surface area contributed by atoms with Crippen LogP contribution < -0.4 is 10.1 Å². The fourth-order valence-corrected chi connectivity index (χ4v) is 4.47. The van der Waals surface area contributed by atoms with Gasteiger partial charge in [0.05, 0.1) is 17.5 Å². The Kier molecular flexibility index (Phi) is 4.90. The number of amides is 1. The summed E-state index contributed by atoms with van der Waals surface area (Å²) in [5.74, 6) is 1.42. The summed E-state index contributed by atoms with van der Waals surface area (Å²) in [6, 6.07) is 13.3. The van der Waals surface area contributed by atoms with Crippen molar-refractivity contribution >= 4 is 23.4 Å². The Morgan fingerprint density at radius 1 is 1.30 bits per heavy atom. The Hall–Kier alpha value is -2.73. The molecule has 1 atom stereocenters. The molecule has 1 amide bonds. The van der Waals surface area contributed by atoms with Crippen LogP contribution in [-0.4, -0.2) is 21.6 Å². The van der Waals surface area contributed by atoms with Crippen molar-refractivity contribution in [1.82, 2.24) is 9.55 Å². The van der Waals surface area contributed by atoms with Crippen LogP contribution in [0.4, 0.5) is 5.69 Å². The van der Waals surface area contributed by atoms with E-state index in [1.54, 1.807) is 18.3 Å². The standard InChI is InChI=1S/C21H21N3O2S/c1-14(2)26-17-7-3-5-15(11-17)20(25)23-18-8-10-24-19(18)13-27-21(24)16-6-4-9-22-12-16/h3-12,14,21H,13H2,1-2H3,(H,23,25)/t21-/m1/s1. The van der Waals surface area contributed by atoms with Gasteiger partial charge in [0, 0.05) is 35.5 Å². The normalized spacial score (nSPS) is 15.6. The van der Waals surface area contributed by atoms with Gasteiger partial charge in [0.25, 0.3) is 5.91 Å². The van der Waals surface area contributed by atoms with Crippen molar-refractivity contribution < 1.29 is 9.53 Å². The molecule has 0 fully saturated rings. The fourth-order valence-electron chi connectivity index (χ4n) is 3.16. The van der Waals surface area contributed by atoms with Crippen LogP contribution in [0, 0.1) is 0 Å². The van der Waals surface area contributed by atoms with Gasteiger partial charge >= 0.3 is 0 Å². The quantitative estimate of drug-likeness (QED) is 0.697. The molecule has 0 aliphatic carbocycles. The summed E-state index contributed by atoms with van der Waals surface area (Å²) >= 11 is 1.83. The molecule has 1 aliphatic rings. The third kappa shape index (κ3) is 3.71. The van der Waals surface area contributed by atoms with Crippen molar-refractivity contribution in [2.45, 2.75) is 31.1 Å². The zero-order valence-electron chi connectivity index (χ0n) is 15.3. The molecule has 0 radical (unpaired) electrons. The zero-order valence-corrected chi connectivity index (χ0v) is 16.1. The number of rotatable bonds is 5. The SMILES string of the molecule is CC(C)Oc1cccc(C(=O)Nc2ccn3c2CS[C@@H]3c2cccnc2)c1. The van der Waals surface area contributed by atoms with Gasteiger partial charge in [-0.25, -0.2) is 0 Å². The molecule has 0 bridgehead atoms. The maximum atomic E-state index is 12.7. The third-order valence-corrected chi connectivity index (χ3v) is 5.60. The van der Waals surface area contributed by atoms with E-state index in [4.69, 9.17) is 4.74 Å². The minimum atomic E-state index is -0.131. The minimum absolute atomic E-state index is 0.0690. The maximum Gasteiger partial charge on any atom is 0.255 e. The van der Waals surface area contributed by atoms with Gasteiger partial charge in [-0.2, -0.15) is 0 Å². The summed E-state index contributed by atoms with van der Waals surface area (Å²) < 4.78 is 7.89. The fraction of sp³-hybridized carbons (Fsp3) is 0.238. The first kappa shape index (κ1) is 17.7. The van der Waals surface area contributed by atoms with Gasteiger partial charge in [0.2, 0.25) is 0 Å². The number of carbonyl (C=O) groups excluding carboxylic acids is 1. The van der Waals surface area contributed by atoms with Gasteiger partial charge in [0.1, 0.15) is 11.1 Å². The van der Waals surface area contributed by atoms with Gasteiger partial charge in [0.15, 0.2) is 0 Å². The molecule has 6 heteroatoms. The van der Waals surface area contributed by atoms with E-state index in [0.29, 0.717) is 11.3 Å². The molecule has 0 spiro atoms. The molecule has 0 saturated heterocycles. The smallest absolute Gasteiger partial charge is 0.255 e. The van der Waals surface area contributed by atoms with Crippen molar-refractivity contribution in [2.75, 3.05) is 5.32 Å². The predicted molar refractivity (Wildman–Crippen MR) is 108 cm³/mol. The van der Waals surface area contributed by atoms with Crippen LogP contribution in [0.2, 0.25) is 0 Å². The largest absolute Gasteiger partial charge is 0.491 e. The molecule has 3 aromatic rings. The molecular formula is C21H21N3O2S.